The number of likely N-dealkylation sites (N-methyl/N-ethyl adjacent to an activating group) is 1. The lowest BCUT2D eigenvalue weighted by Gasteiger charge is -2.24. The molecule has 0 aliphatic rings. The highest BCUT2D eigenvalue weighted by Crippen LogP contribution is 2.43. The maximum absolute atomic E-state index is 12.8. The first-order valence-corrected chi connectivity index (χ1v) is 35.4. The third-order valence-electron chi connectivity index (χ3n) is 14.2. The molecule has 2 atom stereocenters. The van der Waals surface area contributed by atoms with Crippen LogP contribution in [-0.4, -0.2) is 74.9 Å². The van der Waals surface area contributed by atoms with E-state index >= 15 is 0 Å². The summed E-state index contributed by atoms with van der Waals surface area (Å²) in [4.78, 5) is 35.7. The van der Waals surface area contributed by atoms with Gasteiger partial charge < -0.3 is 18.9 Å². The van der Waals surface area contributed by atoms with Crippen molar-refractivity contribution in [2.45, 2.75) is 277 Å². The molecular formula is C74H127NO8P+. The zero-order valence-electron chi connectivity index (χ0n) is 54.6. The van der Waals surface area contributed by atoms with Gasteiger partial charge in [-0.05, 0) is 96.3 Å². The SMILES string of the molecule is CC/C=C\C/C=C\C/C=C\C/C=C\C/C=C\C/C=C\CCC(=O)OC(COC(=O)CCCCCCCCCCCCCCCCCCCCCCCCCCC/C=C\C/C=C\C/C=C\C/C=C\C/C=C\CC)COP(=O)(O)OCC[N+](C)(C)C. The largest absolute Gasteiger partial charge is 0.472 e. The predicted molar refractivity (Wildman–Crippen MR) is 362 cm³/mol. The lowest BCUT2D eigenvalue weighted by molar-refractivity contribution is -0.870. The highest BCUT2D eigenvalue weighted by molar-refractivity contribution is 7.47. The van der Waals surface area contributed by atoms with Gasteiger partial charge in [0.25, 0.3) is 0 Å². The van der Waals surface area contributed by atoms with Crippen molar-refractivity contribution in [3.63, 3.8) is 0 Å². The van der Waals surface area contributed by atoms with Crippen LogP contribution in [0.25, 0.3) is 0 Å². The van der Waals surface area contributed by atoms with Crippen molar-refractivity contribution < 1.29 is 42.1 Å². The molecule has 0 spiro atoms. The molecule has 0 heterocycles. The fourth-order valence-corrected chi connectivity index (χ4v) is 9.81. The molecule has 0 radical (unpaired) electrons. The van der Waals surface area contributed by atoms with Gasteiger partial charge in [-0.1, -0.05) is 295 Å². The Morgan fingerprint density at radius 1 is 0.369 bits per heavy atom. The van der Waals surface area contributed by atoms with Gasteiger partial charge in [0.05, 0.1) is 27.7 Å². The Labute approximate surface area is 517 Å². The number of unbranched alkanes of at least 4 members (excludes halogenated alkanes) is 25. The van der Waals surface area contributed by atoms with E-state index in [0.29, 0.717) is 17.4 Å². The number of hydrogen-bond acceptors (Lipinski definition) is 7. The topological polar surface area (TPSA) is 108 Å². The minimum absolute atomic E-state index is 0.0136. The molecule has 0 rings (SSSR count). The van der Waals surface area contributed by atoms with Crippen LogP contribution in [0.3, 0.4) is 0 Å². The zero-order chi connectivity index (χ0) is 61.2. The predicted octanol–water partition coefficient (Wildman–Crippen LogP) is 22.0. The van der Waals surface area contributed by atoms with Crippen LogP contribution in [0.2, 0.25) is 0 Å². The Hall–Kier alpha value is -3.85. The Balaban J connectivity index is 3.98. The number of hydrogen-bond donors (Lipinski definition) is 1. The van der Waals surface area contributed by atoms with Gasteiger partial charge in [-0.25, -0.2) is 4.57 Å². The second-order valence-electron chi connectivity index (χ2n) is 23.4. The van der Waals surface area contributed by atoms with Crippen LogP contribution in [0.4, 0.5) is 0 Å². The molecule has 0 fully saturated rings. The number of quaternary nitrogens is 1. The molecule has 480 valence electrons. The smallest absolute Gasteiger partial charge is 0.462 e. The Bertz CT molecular complexity index is 1880. The van der Waals surface area contributed by atoms with Crippen LogP contribution in [-0.2, 0) is 32.7 Å². The third kappa shape index (κ3) is 67.3. The van der Waals surface area contributed by atoms with Crippen molar-refractivity contribution in [2.24, 2.45) is 0 Å². The second kappa shape index (κ2) is 63.6. The van der Waals surface area contributed by atoms with Crippen molar-refractivity contribution in [3.05, 3.63) is 134 Å². The summed E-state index contributed by atoms with van der Waals surface area (Å²) < 4.78 is 34.5. The van der Waals surface area contributed by atoms with Gasteiger partial charge in [0.1, 0.15) is 19.8 Å². The van der Waals surface area contributed by atoms with E-state index in [4.69, 9.17) is 18.5 Å². The number of carbonyl (C=O) groups excluding carboxylic acids is 2. The lowest BCUT2D eigenvalue weighted by Crippen LogP contribution is -2.37. The first kappa shape index (κ1) is 80.2. The number of nitrogens with zero attached hydrogens (tertiary/aromatic N) is 1. The number of phosphoric acid groups is 1. The number of phosphoric ester groups is 1. The van der Waals surface area contributed by atoms with Crippen molar-refractivity contribution in [1.82, 2.24) is 0 Å². The van der Waals surface area contributed by atoms with Crippen LogP contribution in [0.15, 0.2) is 134 Å². The van der Waals surface area contributed by atoms with E-state index in [2.05, 4.69) is 135 Å². The summed E-state index contributed by atoms with van der Waals surface area (Å²) in [6.07, 6.45) is 93.1. The molecule has 0 aromatic heterocycles. The molecule has 0 aromatic carbocycles. The summed E-state index contributed by atoms with van der Waals surface area (Å²) >= 11 is 0. The lowest BCUT2D eigenvalue weighted by atomic mass is 10.0. The molecular weight excluding hydrogens is 1060 g/mol. The van der Waals surface area contributed by atoms with E-state index in [1.807, 2.05) is 33.3 Å². The van der Waals surface area contributed by atoms with Gasteiger partial charge in [0.15, 0.2) is 6.10 Å². The van der Waals surface area contributed by atoms with Gasteiger partial charge in [-0.3, -0.25) is 18.6 Å². The standard InChI is InChI=1S/C74H126NO8P/c1-6-8-10-12-14-16-18-20-22-24-26-27-28-29-30-31-32-33-34-35-36-37-38-39-40-41-42-43-44-45-46-47-49-50-52-54-56-58-60-62-64-66-73(76)80-70-72(71-82-84(78,79)81-69-68-75(3,4)5)83-74(77)67-65-63-61-59-57-55-53-51-48-25-23-21-19-17-15-13-11-9-7-2/h8-11,14-17,20-23,26-27,29-30,48,51,55,57,61,63,72H,6-7,12-13,18-19,24-25,28,31-47,49-50,52-54,56,58-60,62,64-71H2,1-5H3/p+1/b10-8-,11-9-,16-14-,17-15-,22-20-,23-21-,27-26-,30-29-,51-48-,57-55-,63-61-. The quantitative estimate of drug-likeness (QED) is 0.0211. The van der Waals surface area contributed by atoms with Crippen LogP contribution in [0, 0.1) is 0 Å². The average Bonchev–Trinajstić information content (AvgIpc) is 3.61. The van der Waals surface area contributed by atoms with Crippen molar-refractivity contribution in [1.29, 1.82) is 0 Å². The molecule has 0 bridgehead atoms. The molecule has 0 saturated heterocycles. The Morgan fingerprint density at radius 3 is 1.00 bits per heavy atom. The molecule has 10 heteroatoms. The van der Waals surface area contributed by atoms with E-state index < -0.39 is 26.5 Å². The number of allylic oxidation sites excluding steroid dienone is 22. The molecule has 0 amide bonds. The van der Waals surface area contributed by atoms with E-state index in [1.165, 1.54) is 148 Å². The first-order chi connectivity index (χ1) is 41.0. The minimum atomic E-state index is -4.41. The fraction of sp³-hybridized carbons (Fsp3) is 0.676. The maximum Gasteiger partial charge on any atom is 0.472 e. The van der Waals surface area contributed by atoms with Gasteiger partial charge in [-0.15, -0.1) is 0 Å². The van der Waals surface area contributed by atoms with Crippen LogP contribution in [0.1, 0.15) is 271 Å². The van der Waals surface area contributed by atoms with E-state index in [0.717, 1.165) is 89.9 Å². The zero-order valence-corrected chi connectivity index (χ0v) is 55.5. The Morgan fingerprint density at radius 2 is 0.667 bits per heavy atom. The second-order valence-corrected chi connectivity index (χ2v) is 24.9. The van der Waals surface area contributed by atoms with Crippen molar-refractivity contribution >= 4 is 19.8 Å². The minimum Gasteiger partial charge on any atom is -0.462 e. The summed E-state index contributed by atoms with van der Waals surface area (Å²) in [5.74, 6) is -0.894. The molecule has 0 saturated carbocycles. The average molecular weight is 1190 g/mol. The van der Waals surface area contributed by atoms with Crippen LogP contribution >= 0.6 is 7.82 Å². The van der Waals surface area contributed by atoms with E-state index in [-0.39, 0.29) is 32.0 Å². The van der Waals surface area contributed by atoms with Gasteiger partial charge in [0.2, 0.25) is 0 Å². The van der Waals surface area contributed by atoms with Crippen molar-refractivity contribution in [3.8, 4) is 0 Å². The summed E-state index contributed by atoms with van der Waals surface area (Å²) in [7, 11) is 1.42. The molecule has 0 aliphatic carbocycles. The van der Waals surface area contributed by atoms with E-state index in [1.54, 1.807) is 0 Å². The molecule has 0 aromatic rings. The number of carbonyl (C=O) groups is 2. The number of rotatable bonds is 61. The summed E-state index contributed by atoms with van der Waals surface area (Å²) in [5.41, 5.74) is 0. The summed E-state index contributed by atoms with van der Waals surface area (Å²) in [6.45, 7) is 4.12. The van der Waals surface area contributed by atoms with E-state index in [9.17, 15) is 19.0 Å². The van der Waals surface area contributed by atoms with Crippen molar-refractivity contribution in [2.75, 3.05) is 47.5 Å². The normalized spacial score (nSPS) is 14.0. The number of esters is 2. The monoisotopic (exact) mass is 1190 g/mol. The molecule has 1 N–H and O–H groups in total. The summed E-state index contributed by atoms with van der Waals surface area (Å²) in [5, 5.41) is 0. The van der Waals surface area contributed by atoms with Crippen LogP contribution in [0.5, 0.6) is 0 Å². The number of ether oxygens (including phenoxy) is 2. The van der Waals surface area contributed by atoms with Gasteiger partial charge >= 0.3 is 19.8 Å². The van der Waals surface area contributed by atoms with Crippen LogP contribution < -0.4 is 0 Å². The maximum atomic E-state index is 12.8. The van der Waals surface area contributed by atoms with Gasteiger partial charge in [-0.2, -0.15) is 0 Å². The fourth-order valence-electron chi connectivity index (χ4n) is 9.07. The Kier molecular flexibility index (Phi) is 60.7. The molecule has 0 aliphatic heterocycles. The summed E-state index contributed by atoms with van der Waals surface area (Å²) in [6, 6.07) is 0. The highest BCUT2D eigenvalue weighted by Gasteiger charge is 2.27. The third-order valence-corrected chi connectivity index (χ3v) is 15.2. The highest BCUT2D eigenvalue weighted by atomic mass is 31.2. The molecule has 2 unspecified atom stereocenters. The molecule has 84 heavy (non-hydrogen) atoms. The van der Waals surface area contributed by atoms with Gasteiger partial charge in [0, 0.05) is 12.8 Å². The molecule has 9 nitrogen and oxygen atoms in total. The first-order valence-electron chi connectivity index (χ1n) is 33.9.